The van der Waals surface area contributed by atoms with Crippen molar-refractivity contribution in [2.24, 2.45) is 0 Å². The van der Waals surface area contributed by atoms with Crippen molar-refractivity contribution >= 4 is 29.5 Å². The number of nitrogens with zero attached hydrogens (tertiary/aromatic N) is 2. The number of phenols is 1. The fraction of sp³-hybridized carbons (Fsp3) is 0.483. The van der Waals surface area contributed by atoms with Gasteiger partial charge in [0.05, 0.1) is 11.9 Å². The maximum Gasteiger partial charge on any atom is 0.254 e. The third kappa shape index (κ3) is 5.99. The number of aliphatic hydroxyl groups is 1. The zero-order chi connectivity index (χ0) is 27.4. The molecule has 0 aromatic heterocycles. The van der Waals surface area contributed by atoms with Gasteiger partial charge in [-0.1, -0.05) is 36.4 Å². The smallest absolute Gasteiger partial charge is 0.254 e. The van der Waals surface area contributed by atoms with Crippen LogP contribution in [0, 0.1) is 6.92 Å². The molecule has 0 saturated carbocycles. The van der Waals surface area contributed by atoms with E-state index in [1.165, 1.54) is 22.7 Å². The van der Waals surface area contributed by atoms with Crippen molar-refractivity contribution in [2.75, 3.05) is 19.0 Å². The van der Waals surface area contributed by atoms with E-state index in [1.54, 1.807) is 19.1 Å². The number of hydrogen-bond donors (Lipinski definition) is 3. The molecule has 2 aromatic carbocycles. The van der Waals surface area contributed by atoms with E-state index >= 15 is 0 Å². The summed E-state index contributed by atoms with van der Waals surface area (Å²) in [4.78, 5) is 43.9. The first kappa shape index (κ1) is 28.0. The van der Waals surface area contributed by atoms with Crippen molar-refractivity contribution in [3.63, 3.8) is 0 Å². The summed E-state index contributed by atoms with van der Waals surface area (Å²) in [5, 5.41) is 24.3. The zero-order valence-corrected chi connectivity index (χ0v) is 23.0. The van der Waals surface area contributed by atoms with Crippen LogP contribution in [0.5, 0.6) is 5.75 Å². The molecule has 2 aliphatic heterocycles. The van der Waals surface area contributed by atoms with Gasteiger partial charge in [-0.25, -0.2) is 0 Å². The third-order valence-electron chi connectivity index (χ3n) is 7.53. The van der Waals surface area contributed by atoms with Crippen molar-refractivity contribution in [3.05, 3.63) is 65.2 Å². The number of benzene rings is 2. The average molecular weight is 540 g/mol. The van der Waals surface area contributed by atoms with E-state index in [0.717, 1.165) is 24.8 Å². The molecule has 0 aliphatic carbocycles. The molecule has 2 fully saturated rings. The van der Waals surface area contributed by atoms with Gasteiger partial charge in [-0.15, -0.1) is 11.8 Å². The molecule has 2 aromatic rings. The summed E-state index contributed by atoms with van der Waals surface area (Å²) in [6.07, 6.45) is 1.63. The first-order valence-electron chi connectivity index (χ1n) is 13.1. The van der Waals surface area contributed by atoms with Crippen LogP contribution in [0.15, 0.2) is 48.5 Å². The molecule has 38 heavy (non-hydrogen) atoms. The molecule has 3 amide bonds. The lowest BCUT2D eigenvalue weighted by Crippen LogP contribution is -2.59. The van der Waals surface area contributed by atoms with Crippen LogP contribution in [0.1, 0.15) is 54.6 Å². The number of hydrogen-bond acceptors (Lipinski definition) is 6. The van der Waals surface area contributed by atoms with Gasteiger partial charge in [0.25, 0.3) is 11.8 Å². The van der Waals surface area contributed by atoms with Gasteiger partial charge in [0, 0.05) is 29.0 Å². The van der Waals surface area contributed by atoms with Crippen LogP contribution in [0.3, 0.4) is 0 Å². The normalized spacial score (nSPS) is 20.6. The number of amides is 3. The quantitative estimate of drug-likeness (QED) is 0.499. The standard InChI is InChI=1S/C29H37N3O5S/c1-19-21(13-10-14-23(19)33)26(35)30-22(17-20-11-6-4-7-12-20)24(34)27(36)32-18-38-29(2,3)25(32)28(37)31-15-8-5-9-16-31/h4,6-7,10-14,22,24-25,33-34H,5,8-9,15-18H2,1-3H3,(H,30,35)/t22-,24-,25?/m0/s1. The minimum Gasteiger partial charge on any atom is -0.508 e. The number of carbonyl (C=O) groups excluding carboxylic acids is 3. The zero-order valence-electron chi connectivity index (χ0n) is 22.2. The fourth-order valence-corrected chi connectivity index (χ4v) is 6.37. The molecule has 3 N–H and O–H groups in total. The molecule has 3 atom stereocenters. The molecule has 2 heterocycles. The minimum absolute atomic E-state index is 0.00993. The van der Waals surface area contributed by atoms with Crippen LogP contribution in [0.4, 0.5) is 0 Å². The lowest BCUT2D eigenvalue weighted by Gasteiger charge is -2.37. The molecule has 1 unspecified atom stereocenters. The van der Waals surface area contributed by atoms with Crippen molar-refractivity contribution in [1.82, 2.24) is 15.1 Å². The van der Waals surface area contributed by atoms with Crippen molar-refractivity contribution in [1.29, 1.82) is 0 Å². The summed E-state index contributed by atoms with van der Waals surface area (Å²) in [5.41, 5.74) is 1.52. The van der Waals surface area contributed by atoms with Gasteiger partial charge in [0.1, 0.15) is 11.8 Å². The van der Waals surface area contributed by atoms with Gasteiger partial charge in [-0.05, 0) is 64.2 Å². The molecule has 8 nitrogen and oxygen atoms in total. The molecule has 4 rings (SSSR count). The third-order valence-corrected chi connectivity index (χ3v) is 8.90. The highest BCUT2D eigenvalue weighted by atomic mass is 32.2. The van der Waals surface area contributed by atoms with Crippen LogP contribution in [0.2, 0.25) is 0 Å². The Hall–Kier alpha value is -3.04. The first-order valence-corrected chi connectivity index (χ1v) is 14.1. The SMILES string of the molecule is Cc1c(O)cccc1C(=O)N[C@@H](Cc1ccccc1)[C@H](O)C(=O)N1CSC(C)(C)C1C(=O)N1CCCCC1. The first-order chi connectivity index (χ1) is 18.1. The van der Waals surface area contributed by atoms with Crippen LogP contribution < -0.4 is 5.32 Å². The van der Waals surface area contributed by atoms with Gasteiger partial charge in [-0.2, -0.15) is 0 Å². The largest absolute Gasteiger partial charge is 0.508 e. The Morgan fingerprint density at radius 1 is 1.05 bits per heavy atom. The Morgan fingerprint density at radius 3 is 2.42 bits per heavy atom. The summed E-state index contributed by atoms with van der Waals surface area (Å²) in [6.45, 7) is 6.90. The van der Waals surface area contributed by atoms with Crippen LogP contribution >= 0.6 is 11.8 Å². The number of rotatable bonds is 7. The molecular formula is C29H37N3O5S. The lowest BCUT2D eigenvalue weighted by atomic mass is 9.96. The molecule has 2 saturated heterocycles. The molecule has 9 heteroatoms. The molecule has 0 spiro atoms. The Labute approximate surface area is 228 Å². The van der Waals surface area contributed by atoms with E-state index < -0.39 is 34.7 Å². The molecule has 2 aliphatic rings. The molecular weight excluding hydrogens is 502 g/mol. The number of nitrogens with one attached hydrogen (secondary N) is 1. The van der Waals surface area contributed by atoms with E-state index in [4.69, 9.17) is 0 Å². The highest BCUT2D eigenvalue weighted by Gasteiger charge is 2.51. The van der Waals surface area contributed by atoms with Crippen molar-refractivity contribution in [3.8, 4) is 5.75 Å². The maximum atomic E-state index is 13.8. The van der Waals surface area contributed by atoms with E-state index in [0.29, 0.717) is 18.7 Å². The van der Waals surface area contributed by atoms with Gasteiger partial charge in [0.15, 0.2) is 6.10 Å². The molecule has 0 bridgehead atoms. The van der Waals surface area contributed by atoms with Crippen LogP contribution in [-0.4, -0.2) is 79.6 Å². The number of aliphatic hydroxyl groups excluding tert-OH is 1. The highest BCUT2D eigenvalue weighted by Crippen LogP contribution is 2.41. The van der Waals surface area contributed by atoms with Gasteiger partial charge < -0.3 is 25.3 Å². The van der Waals surface area contributed by atoms with Crippen LogP contribution in [-0.2, 0) is 16.0 Å². The minimum atomic E-state index is -1.57. The average Bonchev–Trinajstić information content (AvgIpc) is 3.24. The van der Waals surface area contributed by atoms with Crippen molar-refractivity contribution < 1.29 is 24.6 Å². The lowest BCUT2D eigenvalue weighted by molar-refractivity contribution is -0.151. The second-order valence-electron chi connectivity index (χ2n) is 10.6. The number of likely N-dealkylation sites (tertiary alicyclic amines) is 1. The van der Waals surface area contributed by atoms with Gasteiger partial charge >= 0.3 is 0 Å². The van der Waals surface area contributed by atoms with E-state index in [1.807, 2.05) is 49.1 Å². The summed E-state index contributed by atoms with van der Waals surface area (Å²) in [5.74, 6) is -0.885. The Kier molecular flexibility index (Phi) is 8.67. The fourth-order valence-electron chi connectivity index (χ4n) is 5.24. The number of thioether (sulfide) groups is 1. The predicted octanol–water partition coefficient (Wildman–Crippen LogP) is 3.10. The summed E-state index contributed by atoms with van der Waals surface area (Å²) < 4.78 is -0.513. The second-order valence-corrected chi connectivity index (χ2v) is 12.2. The number of carbonyl (C=O) groups is 3. The Balaban J connectivity index is 1.59. The van der Waals surface area contributed by atoms with E-state index in [-0.39, 0.29) is 29.5 Å². The van der Waals surface area contributed by atoms with Gasteiger partial charge in [-0.3, -0.25) is 14.4 Å². The Bertz CT molecular complexity index is 1170. The predicted molar refractivity (Wildman–Crippen MR) is 148 cm³/mol. The summed E-state index contributed by atoms with van der Waals surface area (Å²) in [7, 11) is 0. The summed E-state index contributed by atoms with van der Waals surface area (Å²) in [6, 6.07) is 12.3. The second kappa shape index (κ2) is 11.8. The topological polar surface area (TPSA) is 110 Å². The highest BCUT2D eigenvalue weighted by molar-refractivity contribution is 8.00. The van der Waals surface area contributed by atoms with E-state index in [9.17, 15) is 24.6 Å². The maximum absolute atomic E-state index is 13.8. The van der Waals surface area contributed by atoms with Crippen LogP contribution in [0.25, 0.3) is 0 Å². The molecule has 204 valence electrons. The number of aromatic hydroxyl groups is 1. The Morgan fingerprint density at radius 2 is 1.74 bits per heavy atom. The van der Waals surface area contributed by atoms with Gasteiger partial charge in [0.2, 0.25) is 5.91 Å². The van der Waals surface area contributed by atoms with E-state index in [2.05, 4.69) is 5.32 Å². The number of phenolic OH excluding ortho intramolecular Hbond substituents is 1. The summed E-state index contributed by atoms with van der Waals surface area (Å²) >= 11 is 1.52. The molecule has 0 radical (unpaired) electrons. The number of piperidine rings is 1. The van der Waals surface area contributed by atoms with Crippen molar-refractivity contribution in [2.45, 2.75) is 69.4 Å². The monoisotopic (exact) mass is 539 g/mol.